The van der Waals surface area contributed by atoms with Gasteiger partial charge in [0.15, 0.2) is 0 Å². The number of ether oxygens (including phenoxy) is 9. The summed E-state index contributed by atoms with van der Waals surface area (Å²) in [6.45, 7) is 19.4. The molecule has 6 rings (SSSR count). The Labute approximate surface area is 442 Å². The van der Waals surface area contributed by atoms with E-state index in [-0.39, 0.29) is 71.4 Å². The predicted molar refractivity (Wildman–Crippen MR) is 272 cm³/mol. The topological polar surface area (TPSA) is 207 Å². The van der Waals surface area contributed by atoms with Crippen molar-refractivity contribution in [3.05, 3.63) is 59.0 Å². The highest BCUT2D eigenvalue weighted by molar-refractivity contribution is 8.24. The molecule has 0 N–H and O–H groups in total. The van der Waals surface area contributed by atoms with Crippen LogP contribution in [0.25, 0.3) is 4.85 Å². The van der Waals surface area contributed by atoms with Crippen LogP contribution in [0.5, 0.6) is 11.5 Å². The lowest BCUT2D eigenvalue weighted by Gasteiger charge is -2.31. The van der Waals surface area contributed by atoms with Crippen molar-refractivity contribution < 1.29 is 76.2 Å². The minimum atomic E-state index is -0.796. The van der Waals surface area contributed by atoms with Crippen LogP contribution in [-0.4, -0.2) is 92.1 Å². The molecule has 0 saturated heterocycles. The van der Waals surface area contributed by atoms with Gasteiger partial charge in [-0.2, -0.15) is 0 Å². The highest BCUT2D eigenvalue weighted by atomic mass is 32.2. The molecule has 1 aliphatic heterocycles. The molecule has 0 amide bonds. The third kappa shape index (κ3) is 17.7. The van der Waals surface area contributed by atoms with Gasteiger partial charge in [0.05, 0.1) is 75.5 Å². The number of hydrogen-bond acceptors (Lipinski definition) is 18. The number of nitrogens with zero attached hydrogens (tertiary/aromatic N) is 1. The molecule has 0 atom stereocenters. The van der Waals surface area contributed by atoms with Crippen LogP contribution >= 0.6 is 23.5 Å². The van der Waals surface area contributed by atoms with Gasteiger partial charge in [0, 0.05) is 25.7 Å². The van der Waals surface area contributed by atoms with Gasteiger partial charge in [-0.3, -0.25) is 28.8 Å². The minimum absolute atomic E-state index is 0.0671. The van der Waals surface area contributed by atoms with E-state index in [1.54, 1.807) is 26.0 Å². The number of thioether (sulfide) groups is 2. The van der Waals surface area contributed by atoms with E-state index in [0.29, 0.717) is 130 Å². The molecule has 0 spiro atoms. The first-order chi connectivity index (χ1) is 35.7. The Morgan fingerprint density at radius 1 is 0.608 bits per heavy atom. The van der Waals surface area contributed by atoms with E-state index in [9.17, 15) is 33.6 Å². The number of benzene rings is 1. The summed E-state index contributed by atoms with van der Waals surface area (Å²) in [6.07, 6.45) is 14.1. The van der Waals surface area contributed by atoms with Crippen LogP contribution < -0.4 is 9.47 Å². The Kier molecular flexibility index (Phi) is 23.4. The highest BCUT2D eigenvalue weighted by Crippen LogP contribution is 2.59. The second kappa shape index (κ2) is 29.8. The van der Waals surface area contributed by atoms with Crippen molar-refractivity contribution >= 4 is 65.3 Å². The fourth-order valence-corrected chi connectivity index (χ4v) is 12.3. The zero-order valence-corrected chi connectivity index (χ0v) is 44.3. The standard InChI is InChI=1S/C55H71NO16S2/c1-6-45(57)67-33-11-10-32-66-40-23-15-36(16-24-40)51(60)70-42-27-19-38(20-28-42)53(62)72-44-30-29-43(48-49(44)74-55(73-48)47(56-5)54(63)68-34(3)4)71-52(61)37-17-25-41(26-18-37)69-50(59)35-13-21-39(22-14-35)65-31-9-8-12-46(58)64-7-2/h6-7,29-30,34-42H,1-2,8-28,31-33H2,3-4H3/b55-47+. The number of rotatable bonds is 24. The maximum atomic E-state index is 13.7. The van der Waals surface area contributed by atoms with Gasteiger partial charge in [0.2, 0.25) is 0 Å². The zero-order chi connectivity index (χ0) is 53.0. The van der Waals surface area contributed by atoms with Crippen LogP contribution in [0, 0.1) is 30.2 Å². The molecule has 4 fully saturated rings. The molecule has 1 heterocycles. The van der Waals surface area contributed by atoms with E-state index in [1.807, 2.05) is 0 Å². The van der Waals surface area contributed by atoms with Crippen LogP contribution in [0.2, 0.25) is 0 Å². The third-order valence-electron chi connectivity index (χ3n) is 13.9. The fraction of sp³-hybridized carbons (Fsp3) is 0.636. The minimum Gasteiger partial charge on any atom is -0.468 e. The molecule has 0 bridgehead atoms. The number of hydrogen-bond donors (Lipinski definition) is 0. The molecule has 5 aliphatic rings. The first-order valence-corrected chi connectivity index (χ1v) is 27.9. The molecular formula is C55H71NO16S2. The predicted octanol–water partition coefficient (Wildman–Crippen LogP) is 10.5. The molecule has 0 unspecified atom stereocenters. The summed E-state index contributed by atoms with van der Waals surface area (Å²) in [6, 6.07) is 3.11. The normalized spacial score (nSPS) is 25.2. The van der Waals surface area contributed by atoms with Crippen molar-refractivity contribution in [1.82, 2.24) is 0 Å². The lowest BCUT2D eigenvalue weighted by atomic mass is 9.86. The van der Waals surface area contributed by atoms with Crippen molar-refractivity contribution in [1.29, 1.82) is 0 Å². The van der Waals surface area contributed by atoms with E-state index in [0.717, 1.165) is 74.4 Å². The summed E-state index contributed by atoms with van der Waals surface area (Å²) in [5.41, 5.74) is -0.239. The summed E-state index contributed by atoms with van der Waals surface area (Å²) >= 11 is 2.15. The summed E-state index contributed by atoms with van der Waals surface area (Å²) in [7, 11) is 0. The molecule has 74 heavy (non-hydrogen) atoms. The zero-order valence-electron chi connectivity index (χ0n) is 42.7. The summed E-state index contributed by atoms with van der Waals surface area (Å²) in [4.78, 5) is 93.8. The van der Waals surface area contributed by atoms with E-state index >= 15 is 0 Å². The molecule has 4 saturated carbocycles. The van der Waals surface area contributed by atoms with Crippen LogP contribution in [-0.2, 0) is 66.7 Å². The maximum Gasteiger partial charge on any atom is 0.338 e. The molecular weight excluding hydrogens is 995 g/mol. The number of carbonyl (C=O) groups is 7. The van der Waals surface area contributed by atoms with Crippen LogP contribution in [0.15, 0.2) is 57.4 Å². The van der Waals surface area contributed by atoms with Crippen molar-refractivity contribution in [2.24, 2.45) is 23.7 Å². The average molecular weight is 1070 g/mol. The molecule has 0 radical (unpaired) electrons. The molecule has 4 aliphatic carbocycles. The Hall–Kier alpha value is -5.16. The van der Waals surface area contributed by atoms with Gasteiger partial charge in [-0.1, -0.05) is 36.7 Å². The quantitative estimate of drug-likeness (QED) is 0.0179. The highest BCUT2D eigenvalue weighted by Gasteiger charge is 2.38. The third-order valence-corrected chi connectivity index (χ3v) is 16.5. The van der Waals surface area contributed by atoms with E-state index < -0.39 is 41.8 Å². The van der Waals surface area contributed by atoms with Crippen molar-refractivity contribution in [3.8, 4) is 11.5 Å². The van der Waals surface area contributed by atoms with E-state index in [4.69, 9.17) is 49.2 Å². The molecule has 0 aromatic heterocycles. The molecule has 1 aromatic rings. The fourth-order valence-electron chi connectivity index (χ4n) is 9.75. The second-order valence-electron chi connectivity index (χ2n) is 19.7. The van der Waals surface area contributed by atoms with Gasteiger partial charge in [0.1, 0.15) is 23.7 Å². The lowest BCUT2D eigenvalue weighted by Crippen LogP contribution is -2.33. The van der Waals surface area contributed by atoms with Gasteiger partial charge in [-0.25, -0.2) is 9.64 Å². The Bertz CT molecular complexity index is 2220. The lowest BCUT2D eigenvalue weighted by molar-refractivity contribution is -0.160. The van der Waals surface area contributed by atoms with Crippen molar-refractivity contribution in [2.75, 3.05) is 19.8 Å². The van der Waals surface area contributed by atoms with Gasteiger partial charge >= 0.3 is 41.8 Å². The summed E-state index contributed by atoms with van der Waals surface area (Å²) in [5.74, 6) is -3.82. The van der Waals surface area contributed by atoms with Crippen LogP contribution in [0.3, 0.4) is 0 Å². The average Bonchev–Trinajstić information content (AvgIpc) is 3.84. The van der Waals surface area contributed by atoms with E-state index in [1.165, 1.54) is 0 Å². The van der Waals surface area contributed by atoms with Gasteiger partial charge in [0.25, 0.3) is 5.70 Å². The molecule has 19 heteroatoms. The Morgan fingerprint density at radius 3 is 1.45 bits per heavy atom. The van der Waals surface area contributed by atoms with Gasteiger partial charge in [-0.15, -0.1) is 0 Å². The number of fused-ring (bicyclic) bond motifs is 1. The largest absolute Gasteiger partial charge is 0.468 e. The SMILES string of the molecule is [C-]#[N+]/C(C(=O)OC(C)C)=C1/Sc2c(OC(=O)C3CCC(OC(=O)C4CCC(OCCCCOC(=O)C=C)CC4)CC3)ccc(OC(=O)C3CCC(OC(=O)C4CCC(OCCCCC(=O)OC=C)CC4)CC3)c2S1. The van der Waals surface area contributed by atoms with Gasteiger partial charge in [-0.05, 0) is 154 Å². The van der Waals surface area contributed by atoms with Crippen LogP contribution in [0.4, 0.5) is 0 Å². The second-order valence-corrected chi connectivity index (χ2v) is 22.0. The first-order valence-electron chi connectivity index (χ1n) is 26.3. The molecule has 404 valence electrons. The number of carbonyl (C=O) groups excluding carboxylic acids is 7. The Balaban J connectivity index is 0.960. The Morgan fingerprint density at radius 2 is 1.03 bits per heavy atom. The van der Waals surface area contributed by atoms with Crippen LogP contribution in [0.1, 0.15) is 149 Å². The first kappa shape index (κ1) is 58.1. The van der Waals surface area contributed by atoms with Gasteiger partial charge < -0.3 is 42.6 Å². The van der Waals surface area contributed by atoms with Crippen molar-refractivity contribution in [3.63, 3.8) is 0 Å². The number of unbranched alkanes of at least 4 members (excludes halogenated alkanes) is 2. The molecule has 17 nitrogen and oxygen atoms in total. The number of esters is 7. The van der Waals surface area contributed by atoms with E-state index in [2.05, 4.69) is 18.0 Å². The summed E-state index contributed by atoms with van der Waals surface area (Å²) in [5, 5.41) is 0. The smallest absolute Gasteiger partial charge is 0.338 e. The van der Waals surface area contributed by atoms with Crippen molar-refractivity contribution in [2.45, 2.75) is 189 Å². The maximum absolute atomic E-state index is 13.7. The molecule has 1 aromatic carbocycles. The summed E-state index contributed by atoms with van der Waals surface area (Å²) < 4.78 is 51.3. The monoisotopic (exact) mass is 1070 g/mol.